The quantitative estimate of drug-likeness (QED) is 0.681. The third-order valence-electron chi connectivity index (χ3n) is 2.45. The summed E-state index contributed by atoms with van der Waals surface area (Å²) in [5.41, 5.74) is -1.54. The summed E-state index contributed by atoms with van der Waals surface area (Å²) in [4.78, 5) is 11.5. The summed E-state index contributed by atoms with van der Waals surface area (Å²) in [7, 11) is 0. The van der Waals surface area contributed by atoms with Crippen molar-refractivity contribution in [3.05, 3.63) is 35.9 Å². The maximum atomic E-state index is 14.2. The Morgan fingerprint density at radius 2 is 2.00 bits per heavy atom. The van der Waals surface area contributed by atoms with E-state index in [9.17, 15) is 9.18 Å². The molecule has 1 aliphatic rings. The van der Waals surface area contributed by atoms with E-state index in [4.69, 9.17) is 4.74 Å². The van der Waals surface area contributed by atoms with E-state index in [-0.39, 0.29) is 18.8 Å². The summed E-state index contributed by atoms with van der Waals surface area (Å²) in [6, 6.07) is 8.47. The Bertz CT molecular complexity index is 336. The van der Waals surface area contributed by atoms with Crippen LogP contribution in [0.2, 0.25) is 0 Å². The molecule has 2 nitrogen and oxygen atoms in total. The molecule has 1 heterocycles. The molecule has 0 aliphatic carbocycles. The summed E-state index contributed by atoms with van der Waals surface area (Å²) in [6.07, 6.45) is 0.158. The molecule has 0 amide bonds. The lowest BCUT2D eigenvalue weighted by molar-refractivity contribution is -0.144. The topological polar surface area (TPSA) is 26.3 Å². The SMILES string of the molecule is O=C1CCOC[C@@]1(F)c1ccccc1. The normalized spacial score (nSPS) is 27.6. The molecule has 14 heavy (non-hydrogen) atoms. The van der Waals surface area contributed by atoms with Gasteiger partial charge in [0.05, 0.1) is 13.2 Å². The second-order valence-electron chi connectivity index (χ2n) is 3.39. The van der Waals surface area contributed by atoms with Crippen LogP contribution in [-0.2, 0) is 15.2 Å². The van der Waals surface area contributed by atoms with E-state index in [0.717, 1.165) is 0 Å². The van der Waals surface area contributed by atoms with Crippen molar-refractivity contribution in [1.82, 2.24) is 0 Å². The molecule has 1 aromatic rings. The Morgan fingerprint density at radius 3 is 2.64 bits per heavy atom. The van der Waals surface area contributed by atoms with E-state index in [1.165, 1.54) is 0 Å². The first-order chi connectivity index (χ1) is 6.73. The van der Waals surface area contributed by atoms with Crippen LogP contribution < -0.4 is 0 Å². The number of halogens is 1. The maximum absolute atomic E-state index is 14.2. The van der Waals surface area contributed by atoms with Crippen molar-refractivity contribution in [2.75, 3.05) is 13.2 Å². The van der Waals surface area contributed by atoms with Crippen LogP contribution in [0.1, 0.15) is 12.0 Å². The van der Waals surface area contributed by atoms with Gasteiger partial charge in [0.25, 0.3) is 0 Å². The lowest BCUT2D eigenvalue weighted by Gasteiger charge is -2.28. The molecule has 0 saturated carbocycles. The molecule has 0 N–H and O–H groups in total. The van der Waals surface area contributed by atoms with E-state index in [0.29, 0.717) is 12.2 Å². The molecule has 1 saturated heterocycles. The molecule has 0 unspecified atom stereocenters. The molecule has 0 radical (unpaired) electrons. The first kappa shape index (κ1) is 9.34. The highest BCUT2D eigenvalue weighted by molar-refractivity contribution is 5.89. The van der Waals surface area contributed by atoms with E-state index in [1.54, 1.807) is 30.3 Å². The van der Waals surface area contributed by atoms with Crippen molar-refractivity contribution in [3.63, 3.8) is 0 Å². The summed E-state index contributed by atoms with van der Waals surface area (Å²) in [5.74, 6) is -0.380. The van der Waals surface area contributed by atoms with Crippen LogP contribution in [0.3, 0.4) is 0 Å². The molecular formula is C11H11FO2. The minimum Gasteiger partial charge on any atom is -0.377 e. The Labute approximate surface area is 81.7 Å². The molecule has 0 aromatic heterocycles. The highest BCUT2D eigenvalue weighted by atomic mass is 19.1. The first-order valence-corrected chi connectivity index (χ1v) is 4.59. The van der Waals surface area contributed by atoms with Crippen LogP contribution in [0.25, 0.3) is 0 Å². The highest BCUT2D eigenvalue weighted by Gasteiger charge is 2.42. The van der Waals surface area contributed by atoms with Gasteiger partial charge in [-0.1, -0.05) is 30.3 Å². The van der Waals surface area contributed by atoms with Crippen molar-refractivity contribution in [2.24, 2.45) is 0 Å². The number of hydrogen-bond donors (Lipinski definition) is 0. The third-order valence-corrected chi connectivity index (χ3v) is 2.45. The molecule has 3 heteroatoms. The van der Waals surface area contributed by atoms with Gasteiger partial charge in [-0.05, 0) is 5.56 Å². The molecule has 1 atom stereocenters. The van der Waals surface area contributed by atoms with Crippen molar-refractivity contribution in [3.8, 4) is 0 Å². The van der Waals surface area contributed by atoms with Gasteiger partial charge in [0.2, 0.25) is 5.67 Å². The van der Waals surface area contributed by atoms with Gasteiger partial charge >= 0.3 is 0 Å². The fourth-order valence-electron chi connectivity index (χ4n) is 1.60. The molecule has 1 aromatic carbocycles. The van der Waals surface area contributed by atoms with Gasteiger partial charge in [-0.2, -0.15) is 0 Å². The van der Waals surface area contributed by atoms with Gasteiger partial charge in [-0.25, -0.2) is 4.39 Å². The van der Waals surface area contributed by atoms with Gasteiger partial charge in [-0.15, -0.1) is 0 Å². The predicted octanol–water partition coefficient (Wildman–Crippen LogP) is 1.84. The molecule has 0 spiro atoms. The average Bonchev–Trinajstić information content (AvgIpc) is 2.24. The Balaban J connectivity index is 2.35. The fraction of sp³-hybridized carbons (Fsp3) is 0.364. The van der Waals surface area contributed by atoms with E-state index in [1.807, 2.05) is 0 Å². The zero-order valence-corrected chi connectivity index (χ0v) is 7.70. The predicted molar refractivity (Wildman–Crippen MR) is 49.7 cm³/mol. The Morgan fingerprint density at radius 1 is 1.29 bits per heavy atom. The van der Waals surface area contributed by atoms with Gasteiger partial charge in [0.15, 0.2) is 5.78 Å². The summed E-state index contributed by atoms with van der Waals surface area (Å²) in [5, 5.41) is 0. The van der Waals surface area contributed by atoms with Crippen LogP contribution in [0.5, 0.6) is 0 Å². The number of carbonyl (C=O) groups is 1. The number of ether oxygens (including phenoxy) is 1. The van der Waals surface area contributed by atoms with Crippen LogP contribution in [0, 0.1) is 0 Å². The van der Waals surface area contributed by atoms with E-state index in [2.05, 4.69) is 0 Å². The number of rotatable bonds is 1. The maximum Gasteiger partial charge on any atom is 0.216 e. The van der Waals surface area contributed by atoms with E-state index < -0.39 is 5.67 Å². The van der Waals surface area contributed by atoms with Crippen LogP contribution >= 0.6 is 0 Å². The minimum absolute atomic E-state index is 0.157. The number of ketones is 1. The van der Waals surface area contributed by atoms with Crippen LogP contribution in [-0.4, -0.2) is 19.0 Å². The monoisotopic (exact) mass is 194 g/mol. The standard InChI is InChI=1S/C11H11FO2/c12-11(8-14-7-6-10(11)13)9-4-2-1-3-5-9/h1-5H,6-8H2/t11-/m1/s1. The van der Waals surface area contributed by atoms with Crippen molar-refractivity contribution < 1.29 is 13.9 Å². The number of benzene rings is 1. The first-order valence-electron chi connectivity index (χ1n) is 4.59. The number of hydrogen-bond acceptors (Lipinski definition) is 2. The molecule has 1 aliphatic heterocycles. The smallest absolute Gasteiger partial charge is 0.216 e. The molecule has 74 valence electrons. The molecule has 1 fully saturated rings. The summed E-state index contributed by atoms with van der Waals surface area (Å²) in [6.45, 7) is 0.174. The number of carbonyl (C=O) groups excluding carboxylic acids is 1. The molecular weight excluding hydrogens is 183 g/mol. The van der Waals surface area contributed by atoms with Gasteiger partial charge in [0.1, 0.15) is 0 Å². The molecule has 0 bridgehead atoms. The van der Waals surface area contributed by atoms with Gasteiger partial charge < -0.3 is 4.74 Å². The zero-order chi connectivity index (χ0) is 10.0. The molecule has 2 rings (SSSR count). The third kappa shape index (κ3) is 1.44. The van der Waals surface area contributed by atoms with Crippen LogP contribution in [0.4, 0.5) is 4.39 Å². The lowest BCUT2D eigenvalue weighted by Crippen LogP contribution is -2.40. The summed E-state index contributed by atoms with van der Waals surface area (Å²) < 4.78 is 19.2. The largest absolute Gasteiger partial charge is 0.377 e. The minimum atomic E-state index is -1.93. The van der Waals surface area contributed by atoms with E-state index >= 15 is 0 Å². The van der Waals surface area contributed by atoms with Crippen molar-refractivity contribution in [2.45, 2.75) is 12.1 Å². The van der Waals surface area contributed by atoms with Crippen molar-refractivity contribution >= 4 is 5.78 Å². The van der Waals surface area contributed by atoms with Crippen LogP contribution in [0.15, 0.2) is 30.3 Å². The van der Waals surface area contributed by atoms with Gasteiger partial charge in [-0.3, -0.25) is 4.79 Å². The average molecular weight is 194 g/mol. The number of Topliss-reactive ketones (excluding diaryl/α,β-unsaturated/α-hetero) is 1. The highest BCUT2D eigenvalue weighted by Crippen LogP contribution is 2.31. The van der Waals surface area contributed by atoms with Crippen molar-refractivity contribution in [1.29, 1.82) is 0 Å². The fourth-order valence-corrected chi connectivity index (χ4v) is 1.60. The zero-order valence-electron chi connectivity index (χ0n) is 7.70. The van der Waals surface area contributed by atoms with Gasteiger partial charge in [0, 0.05) is 6.42 Å². The number of alkyl halides is 1. The Hall–Kier alpha value is -1.22. The Kier molecular flexibility index (Phi) is 2.33. The summed E-state index contributed by atoms with van der Waals surface area (Å²) >= 11 is 0. The second kappa shape index (κ2) is 3.50. The lowest BCUT2D eigenvalue weighted by atomic mass is 9.89. The second-order valence-corrected chi connectivity index (χ2v) is 3.39.